The molecule has 0 aliphatic rings. The Kier molecular flexibility index (Phi) is 7.64. The second-order valence-electron chi connectivity index (χ2n) is 6.34. The van der Waals surface area contributed by atoms with Gasteiger partial charge in [-0.2, -0.15) is 0 Å². The fraction of sp³-hybridized carbons (Fsp3) is 0.471. The average Bonchev–Trinajstić information content (AvgIpc) is 2.55. The number of methoxy groups -OCH3 is 1. The largest absolute Gasteiger partial charge is 0.469 e. The van der Waals surface area contributed by atoms with Gasteiger partial charge in [-0.05, 0) is 41.7 Å². The lowest BCUT2D eigenvalue weighted by Crippen LogP contribution is -2.47. The molecule has 3 N–H and O–H groups in total. The highest BCUT2D eigenvalue weighted by Crippen LogP contribution is 2.22. The van der Waals surface area contributed by atoms with Crippen molar-refractivity contribution in [3.8, 4) is 0 Å². The van der Waals surface area contributed by atoms with Gasteiger partial charge >= 0.3 is 5.97 Å². The summed E-state index contributed by atoms with van der Waals surface area (Å²) in [5.74, 6) is -0.531. The van der Waals surface area contributed by atoms with Crippen LogP contribution in [-0.2, 0) is 14.9 Å². The van der Waals surface area contributed by atoms with Crippen molar-refractivity contribution >= 4 is 29.2 Å². The molecule has 7 heteroatoms. The molecule has 1 aromatic carbocycles. The Morgan fingerprint density at radius 2 is 1.75 bits per heavy atom. The number of carbonyl (C=O) groups excluding carboxylic acids is 2. The number of esters is 1. The molecule has 1 amide bonds. The third kappa shape index (κ3) is 6.95. The summed E-state index contributed by atoms with van der Waals surface area (Å²) in [6.07, 6.45) is 0.912. The molecule has 0 spiro atoms. The van der Waals surface area contributed by atoms with Gasteiger partial charge in [-0.15, -0.1) is 0 Å². The number of rotatable bonds is 5. The Morgan fingerprint density at radius 1 is 1.12 bits per heavy atom. The van der Waals surface area contributed by atoms with Crippen molar-refractivity contribution in [2.24, 2.45) is 0 Å². The van der Waals surface area contributed by atoms with Crippen molar-refractivity contribution in [3.63, 3.8) is 0 Å². The lowest BCUT2D eigenvalue weighted by molar-refractivity contribution is -0.140. The molecule has 132 valence electrons. The molecule has 0 atom stereocenters. The van der Waals surface area contributed by atoms with E-state index in [9.17, 15) is 9.59 Å². The fourth-order valence-corrected chi connectivity index (χ4v) is 2.04. The number of ether oxygens (including phenoxy) is 1. The summed E-state index contributed by atoms with van der Waals surface area (Å²) in [5.41, 5.74) is 6.92. The maximum atomic E-state index is 12.0. The van der Waals surface area contributed by atoms with E-state index < -0.39 is 0 Å². The molecule has 6 nitrogen and oxygen atoms in total. The molecule has 0 fully saturated rings. The van der Waals surface area contributed by atoms with Crippen molar-refractivity contribution in [1.29, 1.82) is 0 Å². The summed E-state index contributed by atoms with van der Waals surface area (Å²) in [6.45, 7) is 6.87. The number of hydrogen-bond donors (Lipinski definition) is 3. The second kappa shape index (κ2) is 9.22. The van der Waals surface area contributed by atoms with Gasteiger partial charge in [0.15, 0.2) is 5.11 Å². The summed E-state index contributed by atoms with van der Waals surface area (Å²) in [6, 6.07) is 7.45. The number of benzene rings is 1. The Labute approximate surface area is 148 Å². The zero-order chi connectivity index (χ0) is 18.2. The van der Waals surface area contributed by atoms with Crippen LogP contribution in [0.2, 0.25) is 0 Å². The van der Waals surface area contributed by atoms with Gasteiger partial charge < -0.3 is 10.1 Å². The van der Waals surface area contributed by atoms with Gasteiger partial charge in [0.25, 0.3) is 5.91 Å². The predicted octanol–water partition coefficient (Wildman–Crippen LogP) is 2.05. The molecule has 24 heavy (non-hydrogen) atoms. The summed E-state index contributed by atoms with van der Waals surface area (Å²) in [5, 5.41) is 3.19. The number of carbonyl (C=O) groups is 2. The van der Waals surface area contributed by atoms with Gasteiger partial charge in [-0.1, -0.05) is 32.9 Å². The molecule has 0 aromatic heterocycles. The molecule has 0 heterocycles. The highest BCUT2D eigenvalue weighted by atomic mass is 32.1. The summed E-state index contributed by atoms with van der Waals surface area (Å²) in [7, 11) is 1.35. The second-order valence-corrected chi connectivity index (χ2v) is 6.75. The van der Waals surface area contributed by atoms with E-state index in [1.165, 1.54) is 7.11 Å². The third-order valence-corrected chi connectivity index (χ3v) is 3.62. The minimum atomic E-state index is -0.269. The highest BCUT2D eigenvalue weighted by molar-refractivity contribution is 7.80. The van der Waals surface area contributed by atoms with Gasteiger partial charge in [0.2, 0.25) is 0 Å². The van der Waals surface area contributed by atoms with Gasteiger partial charge in [-0.3, -0.25) is 20.4 Å². The molecule has 0 unspecified atom stereocenters. The van der Waals surface area contributed by atoms with Crippen LogP contribution in [0.25, 0.3) is 0 Å². The minimum Gasteiger partial charge on any atom is -0.469 e. The number of hydrazine groups is 1. The molecule has 0 saturated heterocycles. The third-order valence-electron chi connectivity index (χ3n) is 3.37. The normalized spacial score (nSPS) is 10.7. The van der Waals surface area contributed by atoms with E-state index >= 15 is 0 Å². The SMILES string of the molecule is COC(=O)CCCNC(=S)NNC(=O)c1ccc(C(C)(C)C)cc1. The van der Waals surface area contributed by atoms with Crippen LogP contribution in [0, 0.1) is 0 Å². The lowest BCUT2D eigenvalue weighted by Gasteiger charge is -2.19. The maximum absolute atomic E-state index is 12.0. The monoisotopic (exact) mass is 351 g/mol. The van der Waals surface area contributed by atoms with E-state index in [1.54, 1.807) is 12.1 Å². The van der Waals surface area contributed by atoms with E-state index in [1.807, 2.05) is 12.1 Å². The van der Waals surface area contributed by atoms with Crippen LogP contribution < -0.4 is 16.2 Å². The Hall–Kier alpha value is -2.15. The number of thiocarbonyl (C=S) groups is 1. The first-order valence-corrected chi connectivity index (χ1v) is 8.16. The quantitative estimate of drug-likeness (QED) is 0.326. The average molecular weight is 351 g/mol. The molecule has 0 radical (unpaired) electrons. The zero-order valence-electron chi connectivity index (χ0n) is 14.6. The topological polar surface area (TPSA) is 79.5 Å². The molecule has 0 aliphatic carbocycles. The van der Waals surface area contributed by atoms with Crippen molar-refractivity contribution in [2.75, 3.05) is 13.7 Å². The highest BCUT2D eigenvalue weighted by Gasteiger charge is 2.14. The van der Waals surface area contributed by atoms with Crippen LogP contribution in [0.5, 0.6) is 0 Å². The first-order valence-electron chi connectivity index (χ1n) is 7.75. The summed E-state index contributed by atoms with van der Waals surface area (Å²) < 4.78 is 4.54. The molecule has 1 aromatic rings. The fourth-order valence-electron chi connectivity index (χ4n) is 1.89. The number of nitrogens with one attached hydrogen (secondary N) is 3. The number of amides is 1. The Morgan fingerprint density at radius 3 is 2.29 bits per heavy atom. The smallest absolute Gasteiger partial charge is 0.305 e. The van der Waals surface area contributed by atoms with E-state index in [0.29, 0.717) is 30.1 Å². The van der Waals surface area contributed by atoms with Gasteiger partial charge in [0.1, 0.15) is 0 Å². The molecular weight excluding hydrogens is 326 g/mol. The van der Waals surface area contributed by atoms with E-state index in [4.69, 9.17) is 12.2 Å². The van der Waals surface area contributed by atoms with E-state index in [2.05, 4.69) is 41.7 Å². The van der Waals surface area contributed by atoms with E-state index in [0.717, 1.165) is 5.56 Å². The van der Waals surface area contributed by atoms with Gasteiger partial charge in [-0.25, -0.2) is 0 Å². The zero-order valence-corrected chi connectivity index (χ0v) is 15.4. The Bertz CT molecular complexity index is 580. The predicted molar refractivity (Wildman–Crippen MR) is 97.6 cm³/mol. The first kappa shape index (κ1) is 19.9. The number of hydrogen-bond acceptors (Lipinski definition) is 4. The first-order chi connectivity index (χ1) is 11.2. The standard InChI is InChI=1S/C17H25N3O3S/c1-17(2,3)13-9-7-12(8-10-13)15(22)19-20-16(24)18-11-5-6-14(21)23-4/h7-10H,5-6,11H2,1-4H3,(H,19,22)(H2,18,20,24). The van der Waals surface area contributed by atoms with Gasteiger partial charge in [0.05, 0.1) is 7.11 Å². The van der Waals surface area contributed by atoms with E-state index in [-0.39, 0.29) is 17.3 Å². The molecule has 0 saturated carbocycles. The van der Waals surface area contributed by atoms with Gasteiger partial charge in [0, 0.05) is 18.5 Å². The molecule has 0 aliphatic heterocycles. The van der Waals surface area contributed by atoms with Crippen molar-refractivity contribution in [1.82, 2.24) is 16.2 Å². The summed E-state index contributed by atoms with van der Waals surface area (Å²) >= 11 is 5.05. The van der Waals surface area contributed by atoms with Crippen molar-refractivity contribution in [3.05, 3.63) is 35.4 Å². The molecule has 1 rings (SSSR count). The van der Waals surface area contributed by atoms with Crippen LogP contribution in [0.3, 0.4) is 0 Å². The van der Waals surface area contributed by atoms with Crippen LogP contribution in [0.15, 0.2) is 24.3 Å². The summed E-state index contributed by atoms with van der Waals surface area (Å²) in [4.78, 5) is 23.0. The molecule has 0 bridgehead atoms. The van der Waals surface area contributed by atoms with Crippen LogP contribution >= 0.6 is 12.2 Å². The minimum absolute atomic E-state index is 0.0446. The maximum Gasteiger partial charge on any atom is 0.305 e. The lowest BCUT2D eigenvalue weighted by atomic mass is 9.87. The van der Waals surface area contributed by atoms with Crippen molar-refractivity contribution in [2.45, 2.75) is 39.0 Å². The molecular formula is C17H25N3O3S. The van der Waals surface area contributed by atoms with Crippen LogP contribution in [0.4, 0.5) is 0 Å². The Balaban J connectivity index is 2.35. The van der Waals surface area contributed by atoms with Crippen LogP contribution in [0.1, 0.15) is 49.5 Å². The van der Waals surface area contributed by atoms with Crippen LogP contribution in [-0.4, -0.2) is 30.6 Å². The van der Waals surface area contributed by atoms with Crippen molar-refractivity contribution < 1.29 is 14.3 Å².